The van der Waals surface area contributed by atoms with Gasteiger partial charge in [0.25, 0.3) is 0 Å². The molecule has 1 saturated carbocycles. The highest BCUT2D eigenvalue weighted by molar-refractivity contribution is 7.89. The highest BCUT2D eigenvalue weighted by atomic mass is 32.2. The standard InChI is InChI=1S/C15H22FN3O2S/c1-11(8-17)18-12-6-15(7-12)9-19(10-15)22(20,21)14-5-3-2-4-13(14)16/h2-5,11-12,18H,6-10,17H2,1H3/t11-/m1/s1. The zero-order valence-corrected chi connectivity index (χ0v) is 13.4. The second-order valence-corrected chi connectivity index (χ2v) is 8.52. The van der Waals surface area contributed by atoms with Gasteiger partial charge in [-0.3, -0.25) is 0 Å². The number of sulfonamides is 1. The van der Waals surface area contributed by atoms with Gasteiger partial charge < -0.3 is 11.1 Å². The monoisotopic (exact) mass is 327 g/mol. The average molecular weight is 327 g/mol. The Kier molecular flexibility index (Phi) is 4.01. The van der Waals surface area contributed by atoms with E-state index < -0.39 is 15.8 Å². The number of nitrogens with zero attached hydrogens (tertiary/aromatic N) is 1. The first kappa shape index (κ1) is 15.9. The summed E-state index contributed by atoms with van der Waals surface area (Å²) in [5, 5.41) is 3.43. The molecular weight excluding hydrogens is 305 g/mol. The molecule has 1 heterocycles. The van der Waals surface area contributed by atoms with Crippen LogP contribution in [0.1, 0.15) is 19.8 Å². The van der Waals surface area contributed by atoms with Gasteiger partial charge in [0.2, 0.25) is 10.0 Å². The first-order chi connectivity index (χ1) is 10.4. The van der Waals surface area contributed by atoms with Crippen LogP contribution in [0.3, 0.4) is 0 Å². The van der Waals surface area contributed by atoms with Crippen molar-refractivity contribution in [2.24, 2.45) is 11.1 Å². The fourth-order valence-electron chi connectivity index (χ4n) is 3.50. The van der Waals surface area contributed by atoms with Crippen molar-refractivity contribution in [3.63, 3.8) is 0 Å². The van der Waals surface area contributed by atoms with Gasteiger partial charge in [-0.05, 0) is 31.9 Å². The average Bonchev–Trinajstić information content (AvgIpc) is 2.39. The lowest BCUT2D eigenvalue weighted by atomic mass is 9.61. The summed E-state index contributed by atoms with van der Waals surface area (Å²) in [6, 6.07) is 6.23. The van der Waals surface area contributed by atoms with E-state index in [1.54, 1.807) is 6.07 Å². The largest absolute Gasteiger partial charge is 0.329 e. The molecule has 0 bridgehead atoms. The summed E-state index contributed by atoms with van der Waals surface area (Å²) in [6.07, 6.45) is 1.92. The summed E-state index contributed by atoms with van der Waals surface area (Å²) in [5.41, 5.74) is 5.66. The first-order valence-electron chi connectivity index (χ1n) is 7.57. The van der Waals surface area contributed by atoms with E-state index >= 15 is 0 Å². The highest BCUT2D eigenvalue weighted by Gasteiger charge is 2.55. The molecule has 7 heteroatoms. The van der Waals surface area contributed by atoms with Gasteiger partial charge in [0, 0.05) is 37.1 Å². The number of rotatable bonds is 5. The summed E-state index contributed by atoms with van der Waals surface area (Å²) >= 11 is 0. The highest BCUT2D eigenvalue weighted by Crippen LogP contribution is 2.50. The molecule has 1 atom stereocenters. The van der Waals surface area contributed by atoms with Gasteiger partial charge in [0.1, 0.15) is 10.7 Å². The van der Waals surface area contributed by atoms with E-state index in [2.05, 4.69) is 5.32 Å². The molecule has 2 aliphatic rings. The van der Waals surface area contributed by atoms with Crippen LogP contribution < -0.4 is 11.1 Å². The zero-order valence-electron chi connectivity index (χ0n) is 12.6. The number of nitrogens with one attached hydrogen (secondary N) is 1. The lowest BCUT2D eigenvalue weighted by Crippen LogP contribution is -2.67. The number of halogens is 1. The molecule has 1 aliphatic heterocycles. The van der Waals surface area contributed by atoms with Crippen LogP contribution in [-0.4, -0.2) is 44.4 Å². The molecule has 3 N–H and O–H groups in total. The van der Waals surface area contributed by atoms with Crippen LogP contribution in [0.4, 0.5) is 4.39 Å². The van der Waals surface area contributed by atoms with E-state index in [0.29, 0.717) is 25.7 Å². The first-order valence-corrected chi connectivity index (χ1v) is 9.01. The molecule has 0 radical (unpaired) electrons. The molecule has 122 valence electrons. The van der Waals surface area contributed by atoms with Crippen molar-refractivity contribution < 1.29 is 12.8 Å². The van der Waals surface area contributed by atoms with Crippen molar-refractivity contribution in [3.05, 3.63) is 30.1 Å². The minimum Gasteiger partial charge on any atom is -0.329 e. The SMILES string of the molecule is C[C@H](CN)NC1CC2(C1)CN(S(=O)(=O)c1ccccc1F)C2. The molecule has 1 aromatic carbocycles. The molecule has 22 heavy (non-hydrogen) atoms. The fraction of sp³-hybridized carbons (Fsp3) is 0.600. The Bertz CT molecular complexity index is 651. The third kappa shape index (κ3) is 2.67. The van der Waals surface area contributed by atoms with Crippen LogP contribution >= 0.6 is 0 Å². The Labute approximate surface area is 130 Å². The van der Waals surface area contributed by atoms with Gasteiger partial charge >= 0.3 is 0 Å². The van der Waals surface area contributed by atoms with Crippen molar-refractivity contribution in [3.8, 4) is 0 Å². The van der Waals surface area contributed by atoms with E-state index in [9.17, 15) is 12.8 Å². The minimum atomic E-state index is -3.71. The normalized spacial score (nSPS) is 23.0. The second kappa shape index (κ2) is 5.56. The van der Waals surface area contributed by atoms with E-state index in [0.717, 1.165) is 12.8 Å². The quantitative estimate of drug-likeness (QED) is 0.843. The molecule has 0 unspecified atom stereocenters. The van der Waals surface area contributed by atoms with Crippen LogP contribution in [0.25, 0.3) is 0 Å². The van der Waals surface area contributed by atoms with Gasteiger partial charge in [0.15, 0.2) is 0 Å². The maximum atomic E-state index is 13.7. The molecule has 0 aromatic heterocycles. The molecule has 0 amide bonds. The van der Waals surface area contributed by atoms with Crippen LogP contribution in [0.15, 0.2) is 29.2 Å². The van der Waals surface area contributed by atoms with Crippen LogP contribution in [0.5, 0.6) is 0 Å². The van der Waals surface area contributed by atoms with Gasteiger partial charge in [-0.1, -0.05) is 12.1 Å². The Balaban J connectivity index is 1.59. The van der Waals surface area contributed by atoms with Crippen LogP contribution in [0.2, 0.25) is 0 Å². The summed E-state index contributed by atoms with van der Waals surface area (Å²) in [7, 11) is -3.71. The van der Waals surface area contributed by atoms with Crippen molar-refractivity contribution in [1.82, 2.24) is 9.62 Å². The second-order valence-electron chi connectivity index (χ2n) is 6.61. The minimum absolute atomic E-state index is 0.0737. The van der Waals surface area contributed by atoms with Gasteiger partial charge in [0.05, 0.1) is 0 Å². The maximum Gasteiger partial charge on any atom is 0.246 e. The predicted molar refractivity (Wildman–Crippen MR) is 82.3 cm³/mol. The Morgan fingerprint density at radius 2 is 2.05 bits per heavy atom. The van der Waals surface area contributed by atoms with Gasteiger partial charge in [-0.15, -0.1) is 0 Å². The molecule has 1 aromatic rings. The third-order valence-electron chi connectivity index (χ3n) is 4.71. The van der Waals surface area contributed by atoms with Crippen LogP contribution in [-0.2, 0) is 10.0 Å². The molecule has 3 rings (SSSR count). The molecule has 1 spiro atoms. The third-order valence-corrected chi connectivity index (χ3v) is 6.54. The van der Waals surface area contributed by atoms with Crippen molar-refractivity contribution in [1.29, 1.82) is 0 Å². The number of hydrogen-bond acceptors (Lipinski definition) is 4. The fourth-order valence-corrected chi connectivity index (χ4v) is 5.23. The summed E-state index contributed by atoms with van der Waals surface area (Å²) < 4.78 is 39.9. The summed E-state index contributed by atoms with van der Waals surface area (Å²) in [6.45, 7) is 3.61. The van der Waals surface area contributed by atoms with Crippen molar-refractivity contribution in [2.45, 2.75) is 36.7 Å². The number of benzene rings is 1. The van der Waals surface area contributed by atoms with E-state index in [1.165, 1.54) is 22.5 Å². The molecule has 1 saturated heterocycles. The van der Waals surface area contributed by atoms with Gasteiger partial charge in [-0.25, -0.2) is 12.8 Å². The van der Waals surface area contributed by atoms with Crippen molar-refractivity contribution >= 4 is 10.0 Å². The summed E-state index contributed by atoms with van der Waals surface area (Å²) in [5.74, 6) is -0.687. The lowest BCUT2D eigenvalue weighted by molar-refractivity contribution is -0.0360. The number of hydrogen-bond donors (Lipinski definition) is 2. The number of nitrogens with two attached hydrogens (primary N) is 1. The maximum absolute atomic E-state index is 13.7. The Hall–Kier alpha value is -1.02. The molecule has 5 nitrogen and oxygen atoms in total. The molecule has 2 fully saturated rings. The van der Waals surface area contributed by atoms with Crippen LogP contribution in [0, 0.1) is 11.2 Å². The molecular formula is C15H22FN3O2S. The predicted octanol–water partition coefficient (Wildman–Crippen LogP) is 0.916. The Morgan fingerprint density at radius 3 is 2.64 bits per heavy atom. The van der Waals surface area contributed by atoms with E-state index in [1.807, 2.05) is 6.92 Å². The molecule has 1 aliphatic carbocycles. The summed E-state index contributed by atoms with van der Waals surface area (Å²) in [4.78, 5) is -0.226. The van der Waals surface area contributed by atoms with Crippen molar-refractivity contribution in [2.75, 3.05) is 19.6 Å². The topological polar surface area (TPSA) is 75.4 Å². The smallest absolute Gasteiger partial charge is 0.246 e. The van der Waals surface area contributed by atoms with Gasteiger partial charge in [-0.2, -0.15) is 4.31 Å². The van der Waals surface area contributed by atoms with E-state index in [4.69, 9.17) is 5.73 Å². The Morgan fingerprint density at radius 1 is 1.41 bits per heavy atom. The zero-order chi connectivity index (χ0) is 16.0. The van der Waals surface area contributed by atoms with E-state index in [-0.39, 0.29) is 16.4 Å². The lowest BCUT2D eigenvalue weighted by Gasteiger charge is -2.58.